The topological polar surface area (TPSA) is 149 Å². The first kappa shape index (κ1) is 29.5. The molecule has 4 heterocycles. The second-order valence-corrected chi connectivity index (χ2v) is 12.5. The van der Waals surface area contributed by atoms with Gasteiger partial charge in [0.25, 0.3) is 0 Å². The number of methoxy groups -OCH3 is 1. The number of likely N-dealkylation sites (tertiary alicyclic amines) is 1. The van der Waals surface area contributed by atoms with Crippen molar-refractivity contribution in [1.29, 1.82) is 0 Å². The Hall–Kier alpha value is -4.52. The lowest BCUT2D eigenvalue weighted by atomic mass is 10.0. The molecule has 1 aliphatic carbocycles. The molecule has 1 saturated heterocycles. The largest absolute Gasteiger partial charge is 0.463 e. The molecule has 0 unspecified atom stereocenters. The van der Waals surface area contributed by atoms with Crippen LogP contribution in [0.2, 0.25) is 0 Å². The van der Waals surface area contributed by atoms with Crippen LogP contribution in [0.1, 0.15) is 58.9 Å². The van der Waals surface area contributed by atoms with Crippen LogP contribution in [0.3, 0.4) is 0 Å². The minimum atomic E-state index is -0.652. The van der Waals surface area contributed by atoms with E-state index in [1.807, 2.05) is 26.0 Å². The number of fused-ring (bicyclic) bond motifs is 2. The van der Waals surface area contributed by atoms with Gasteiger partial charge in [-0.15, -0.1) is 0 Å². The van der Waals surface area contributed by atoms with Crippen LogP contribution in [0.4, 0.5) is 5.82 Å². The number of benzene rings is 1. The summed E-state index contributed by atoms with van der Waals surface area (Å²) in [5.41, 5.74) is 3.71. The number of aryl methyl sites for hydroxylation is 2. The summed E-state index contributed by atoms with van der Waals surface area (Å²) in [6.45, 7) is 7.13. The molecule has 2 aliphatic rings. The van der Waals surface area contributed by atoms with Gasteiger partial charge in [-0.2, -0.15) is 5.10 Å². The average Bonchev–Trinajstić information content (AvgIpc) is 3.34. The fraction of sp³-hybridized carbons (Fsp3) is 0.355. The molecule has 226 valence electrons. The number of ether oxygens (including phenoxy) is 1. The molecule has 6 rings (SSSR count). The number of nitrogens with zero attached hydrogens (tertiary/aromatic N) is 6. The van der Waals surface area contributed by atoms with Crippen molar-refractivity contribution < 1.29 is 23.9 Å². The minimum Gasteiger partial charge on any atom is -0.463 e. The predicted octanol–water partition coefficient (Wildman–Crippen LogP) is 4.28. The lowest BCUT2D eigenvalue weighted by Gasteiger charge is -2.27. The van der Waals surface area contributed by atoms with E-state index in [9.17, 15) is 19.2 Å². The molecule has 13 heteroatoms. The molecule has 1 aromatic carbocycles. The molecule has 44 heavy (non-hydrogen) atoms. The van der Waals surface area contributed by atoms with E-state index in [4.69, 9.17) is 0 Å². The Morgan fingerprint density at radius 2 is 1.80 bits per heavy atom. The van der Waals surface area contributed by atoms with Crippen LogP contribution in [0, 0.1) is 19.3 Å². The molecule has 0 bridgehead atoms. The van der Waals surface area contributed by atoms with Crippen molar-refractivity contribution >= 4 is 56.2 Å². The van der Waals surface area contributed by atoms with Gasteiger partial charge >= 0.3 is 5.97 Å². The van der Waals surface area contributed by atoms with Crippen molar-refractivity contribution in [3.8, 4) is 11.1 Å². The van der Waals surface area contributed by atoms with Crippen LogP contribution in [-0.2, 0) is 20.9 Å². The van der Waals surface area contributed by atoms with Crippen molar-refractivity contribution in [3.05, 3.63) is 63.9 Å². The second-order valence-electron chi connectivity index (χ2n) is 11.7. The van der Waals surface area contributed by atoms with Crippen molar-refractivity contribution in [2.75, 3.05) is 12.4 Å². The Morgan fingerprint density at radius 1 is 1.07 bits per heavy atom. The number of anilines is 1. The van der Waals surface area contributed by atoms with Crippen LogP contribution in [0.15, 0.2) is 41.3 Å². The fourth-order valence-electron chi connectivity index (χ4n) is 6.14. The highest BCUT2D eigenvalue weighted by atomic mass is 79.9. The number of pyridine rings is 1. The number of carbonyl (C=O) groups excluding carboxylic acids is 4. The zero-order chi connectivity index (χ0) is 31.5. The van der Waals surface area contributed by atoms with Crippen LogP contribution in [0.5, 0.6) is 0 Å². The second kappa shape index (κ2) is 10.9. The summed E-state index contributed by atoms with van der Waals surface area (Å²) in [5.74, 6) is -1.03. The van der Waals surface area contributed by atoms with Crippen LogP contribution in [0.25, 0.3) is 22.0 Å². The molecule has 0 spiro atoms. The van der Waals surface area contributed by atoms with Gasteiger partial charge in [0, 0.05) is 36.3 Å². The number of hydrogen-bond acceptors (Lipinski definition) is 9. The van der Waals surface area contributed by atoms with Gasteiger partial charge in [-0.25, -0.2) is 19.7 Å². The summed E-state index contributed by atoms with van der Waals surface area (Å²) in [4.78, 5) is 66.1. The van der Waals surface area contributed by atoms with E-state index in [1.165, 1.54) is 26.4 Å². The van der Waals surface area contributed by atoms with Crippen LogP contribution >= 0.6 is 15.9 Å². The average molecular weight is 661 g/mol. The lowest BCUT2D eigenvalue weighted by molar-refractivity contribution is -0.138. The molecular weight excluding hydrogens is 630 g/mol. The number of amides is 2. The number of nitrogens with one attached hydrogen (secondary N) is 1. The Balaban J connectivity index is 1.30. The highest BCUT2D eigenvalue weighted by Gasteiger charge is 2.64. The number of aromatic nitrogens is 5. The number of piperidine rings is 1. The van der Waals surface area contributed by atoms with Gasteiger partial charge in [0.05, 0.1) is 12.6 Å². The Bertz CT molecular complexity index is 1870. The summed E-state index contributed by atoms with van der Waals surface area (Å²) in [6.07, 6.45) is 4.41. The van der Waals surface area contributed by atoms with E-state index in [0.717, 1.165) is 23.1 Å². The first-order chi connectivity index (χ1) is 20.9. The van der Waals surface area contributed by atoms with Gasteiger partial charge in [-0.3, -0.25) is 19.1 Å². The van der Waals surface area contributed by atoms with Gasteiger partial charge in [0.15, 0.2) is 5.78 Å². The Labute approximate surface area is 261 Å². The first-order valence-electron chi connectivity index (χ1n) is 14.1. The first-order valence-corrected chi connectivity index (χ1v) is 14.9. The molecule has 1 N–H and O–H groups in total. The number of ketones is 1. The zero-order valence-corrected chi connectivity index (χ0v) is 26.4. The van der Waals surface area contributed by atoms with Gasteiger partial charge in [-0.05, 0) is 82.9 Å². The van der Waals surface area contributed by atoms with Gasteiger partial charge in [0.1, 0.15) is 28.7 Å². The summed E-state index contributed by atoms with van der Waals surface area (Å²) in [6, 6.07) is 6.66. The summed E-state index contributed by atoms with van der Waals surface area (Å²) in [5, 5.41) is 8.07. The maximum atomic E-state index is 13.9. The quantitative estimate of drug-likeness (QED) is 0.174. The number of rotatable bonds is 7. The smallest absolute Gasteiger partial charge is 0.376 e. The minimum absolute atomic E-state index is 0.0444. The third kappa shape index (κ3) is 5.14. The standard InChI is InChI=1S/C31H30BrN7O5/c1-15-6-7-23(32)35-27(15)36-29(42)21-10-31(4)11-22(31)39(21)24(41)14-38-26-16(2)8-18(9-20(26)25(37-38)17(3)40)19-12-33-28(34-13-19)30(43)44-5/h6-9,12-13,21-22H,10-11,14H2,1-5H3,(H,35,36,42)/t21-,22+,31-/m0/s1. The third-order valence-corrected chi connectivity index (χ3v) is 8.98. The number of carbonyl (C=O) groups is 4. The molecule has 0 radical (unpaired) electrons. The number of halogens is 1. The summed E-state index contributed by atoms with van der Waals surface area (Å²) in [7, 11) is 1.26. The third-order valence-electron chi connectivity index (χ3n) is 8.54. The van der Waals surface area contributed by atoms with E-state index in [2.05, 4.69) is 53.0 Å². The van der Waals surface area contributed by atoms with E-state index in [-0.39, 0.29) is 47.1 Å². The van der Waals surface area contributed by atoms with Gasteiger partial charge in [-0.1, -0.05) is 13.0 Å². The fourth-order valence-corrected chi connectivity index (χ4v) is 6.45. The SMILES string of the molecule is COC(=O)c1ncc(-c2cc(C)c3c(c2)c(C(C)=O)nn3CC(=O)N2[C@H](C(=O)Nc3nc(Br)ccc3C)C[C@@]3(C)C[C@@H]23)cn1. The molecule has 2 amide bonds. The molecule has 3 aromatic heterocycles. The molecule has 1 aliphatic heterocycles. The molecule has 4 aromatic rings. The summed E-state index contributed by atoms with van der Waals surface area (Å²) >= 11 is 3.35. The zero-order valence-electron chi connectivity index (χ0n) is 24.8. The van der Waals surface area contributed by atoms with E-state index in [0.29, 0.717) is 33.3 Å². The Morgan fingerprint density at radius 3 is 2.48 bits per heavy atom. The molecule has 1 saturated carbocycles. The Kier molecular flexibility index (Phi) is 7.31. The highest BCUT2D eigenvalue weighted by molar-refractivity contribution is 9.10. The van der Waals surface area contributed by atoms with Crippen LogP contribution < -0.4 is 5.32 Å². The van der Waals surface area contributed by atoms with E-state index < -0.39 is 12.0 Å². The molecule has 12 nitrogen and oxygen atoms in total. The predicted molar refractivity (Wildman–Crippen MR) is 164 cm³/mol. The number of Topliss-reactive ketones (excluding diaryl/α,β-unsaturated/α-hetero) is 1. The molecular formula is C31H30BrN7O5. The van der Waals surface area contributed by atoms with E-state index in [1.54, 1.807) is 21.7 Å². The van der Waals surface area contributed by atoms with Crippen molar-refractivity contribution in [2.45, 2.75) is 59.2 Å². The number of esters is 1. The van der Waals surface area contributed by atoms with Gasteiger partial charge in [0.2, 0.25) is 17.6 Å². The monoisotopic (exact) mass is 659 g/mol. The molecule has 3 atom stereocenters. The van der Waals surface area contributed by atoms with Crippen molar-refractivity contribution in [3.63, 3.8) is 0 Å². The van der Waals surface area contributed by atoms with Crippen LogP contribution in [-0.4, -0.2) is 72.4 Å². The maximum Gasteiger partial charge on any atom is 0.376 e. The molecule has 2 fully saturated rings. The maximum absolute atomic E-state index is 13.9. The highest BCUT2D eigenvalue weighted by Crippen LogP contribution is 2.59. The van der Waals surface area contributed by atoms with Crippen molar-refractivity contribution in [2.24, 2.45) is 5.41 Å². The summed E-state index contributed by atoms with van der Waals surface area (Å²) < 4.78 is 6.83. The normalized spacial score (nSPS) is 20.4. The lowest BCUT2D eigenvalue weighted by Crippen LogP contribution is -2.47. The van der Waals surface area contributed by atoms with Gasteiger partial charge < -0.3 is 15.0 Å². The van der Waals surface area contributed by atoms with Crippen molar-refractivity contribution in [1.82, 2.24) is 29.6 Å². The van der Waals surface area contributed by atoms with E-state index >= 15 is 0 Å². The number of hydrogen-bond donors (Lipinski definition) is 1.